The number of urea groups is 1. The van der Waals surface area contributed by atoms with Gasteiger partial charge >= 0.3 is 6.03 Å². The van der Waals surface area contributed by atoms with Gasteiger partial charge in [0.2, 0.25) is 11.7 Å². The number of rotatable bonds is 4. The molecule has 0 radical (unpaired) electrons. The minimum absolute atomic E-state index is 0.0328. The second kappa shape index (κ2) is 8.30. The van der Waals surface area contributed by atoms with Crippen molar-refractivity contribution < 1.29 is 18.4 Å². The Morgan fingerprint density at radius 2 is 2.10 bits per heavy atom. The molecule has 150 valence electrons. The number of ether oxygens (including phenoxy) is 1. The van der Waals surface area contributed by atoms with Gasteiger partial charge < -0.3 is 19.5 Å². The normalized spacial score (nSPS) is 16.5. The quantitative estimate of drug-likeness (QED) is 0.711. The van der Waals surface area contributed by atoms with Gasteiger partial charge in [-0.25, -0.2) is 9.18 Å². The van der Waals surface area contributed by atoms with Crippen LogP contribution in [0, 0.1) is 5.82 Å². The van der Waals surface area contributed by atoms with Gasteiger partial charge in [-0.3, -0.25) is 0 Å². The van der Waals surface area contributed by atoms with Gasteiger partial charge in [0.05, 0.1) is 13.0 Å². The largest absolute Gasteiger partial charge is 0.497 e. The maximum Gasteiger partial charge on any atom is 0.321 e. The van der Waals surface area contributed by atoms with E-state index < -0.39 is 0 Å². The van der Waals surface area contributed by atoms with Crippen molar-refractivity contribution in [1.29, 1.82) is 0 Å². The Balaban J connectivity index is 1.43. The number of carbonyl (C=O) groups excluding carboxylic acids is 1. The highest BCUT2D eigenvalue weighted by molar-refractivity contribution is 5.89. The first-order valence-electron chi connectivity index (χ1n) is 9.42. The Kier molecular flexibility index (Phi) is 5.41. The average molecular weight is 396 g/mol. The summed E-state index contributed by atoms with van der Waals surface area (Å²) < 4.78 is 23.8. The highest BCUT2D eigenvalue weighted by Gasteiger charge is 2.29. The van der Waals surface area contributed by atoms with Crippen molar-refractivity contribution in [3.05, 3.63) is 60.2 Å². The lowest BCUT2D eigenvalue weighted by Gasteiger charge is -2.31. The molecule has 3 aromatic rings. The van der Waals surface area contributed by atoms with Crippen LogP contribution in [0.2, 0.25) is 0 Å². The molecule has 1 N–H and O–H groups in total. The number of amides is 2. The molecule has 1 unspecified atom stereocenters. The molecule has 2 heterocycles. The maximum absolute atomic E-state index is 13.0. The highest BCUT2D eigenvalue weighted by atomic mass is 19.1. The Labute approximate surface area is 167 Å². The topological polar surface area (TPSA) is 80.5 Å². The number of hydrogen-bond donors (Lipinski definition) is 1. The number of piperidine rings is 1. The lowest BCUT2D eigenvalue weighted by atomic mass is 9.98. The minimum atomic E-state index is -0.343. The number of nitrogens with zero attached hydrogens (tertiary/aromatic N) is 3. The molecule has 4 rings (SSSR count). The van der Waals surface area contributed by atoms with Crippen molar-refractivity contribution >= 4 is 11.7 Å². The van der Waals surface area contributed by atoms with Crippen molar-refractivity contribution in [3.8, 4) is 17.1 Å². The van der Waals surface area contributed by atoms with E-state index in [2.05, 4.69) is 15.5 Å². The number of carbonyl (C=O) groups is 1. The summed E-state index contributed by atoms with van der Waals surface area (Å²) in [6.07, 6.45) is 1.69. The van der Waals surface area contributed by atoms with Gasteiger partial charge in [-0.15, -0.1) is 0 Å². The van der Waals surface area contributed by atoms with Gasteiger partial charge in [0.1, 0.15) is 11.6 Å². The number of anilines is 1. The van der Waals surface area contributed by atoms with E-state index in [1.54, 1.807) is 12.0 Å². The van der Waals surface area contributed by atoms with Crippen molar-refractivity contribution in [1.82, 2.24) is 15.0 Å². The molecule has 0 bridgehead atoms. The van der Waals surface area contributed by atoms with Gasteiger partial charge in [-0.05, 0) is 49.2 Å². The number of likely N-dealkylation sites (tertiary alicyclic amines) is 1. The summed E-state index contributed by atoms with van der Waals surface area (Å²) in [6.45, 7) is 1.12. The molecule has 7 nitrogen and oxygen atoms in total. The van der Waals surface area contributed by atoms with E-state index in [0.29, 0.717) is 30.5 Å². The number of methoxy groups -OCH3 is 1. The molecule has 1 aliphatic rings. The predicted molar refractivity (Wildman–Crippen MR) is 105 cm³/mol. The van der Waals surface area contributed by atoms with E-state index >= 15 is 0 Å². The van der Waals surface area contributed by atoms with Crippen LogP contribution in [0.5, 0.6) is 5.75 Å². The van der Waals surface area contributed by atoms with Crippen LogP contribution >= 0.6 is 0 Å². The molecule has 1 aromatic heterocycles. The fourth-order valence-electron chi connectivity index (χ4n) is 3.38. The van der Waals surface area contributed by atoms with E-state index in [0.717, 1.165) is 24.2 Å². The summed E-state index contributed by atoms with van der Waals surface area (Å²) in [5, 5.41) is 6.88. The predicted octanol–water partition coefficient (Wildman–Crippen LogP) is 4.30. The van der Waals surface area contributed by atoms with Crippen molar-refractivity contribution in [2.24, 2.45) is 0 Å². The molecule has 0 saturated carbocycles. The number of aromatic nitrogens is 2. The second-order valence-corrected chi connectivity index (χ2v) is 6.91. The fraction of sp³-hybridized carbons (Fsp3) is 0.286. The first-order valence-corrected chi connectivity index (χ1v) is 9.42. The first kappa shape index (κ1) is 18.9. The third-order valence-corrected chi connectivity index (χ3v) is 4.92. The highest BCUT2D eigenvalue weighted by Crippen LogP contribution is 2.29. The van der Waals surface area contributed by atoms with Crippen LogP contribution in [0.4, 0.5) is 14.9 Å². The van der Waals surface area contributed by atoms with Crippen molar-refractivity contribution in [2.75, 3.05) is 25.5 Å². The average Bonchev–Trinajstić information content (AvgIpc) is 3.26. The second-order valence-electron chi connectivity index (χ2n) is 6.91. The molecule has 1 atom stereocenters. The van der Waals surface area contributed by atoms with E-state index in [-0.39, 0.29) is 17.8 Å². The smallest absolute Gasteiger partial charge is 0.321 e. The molecule has 0 aliphatic carbocycles. The molecule has 1 saturated heterocycles. The molecule has 1 aliphatic heterocycles. The third-order valence-electron chi connectivity index (χ3n) is 4.92. The van der Waals surface area contributed by atoms with E-state index in [1.165, 1.54) is 24.3 Å². The van der Waals surface area contributed by atoms with Crippen LogP contribution in [-0.2, 0) is 0 Å². The number of halogens is 1. The van der Waals surface area contributed by atoms with Crippen LogP contribution in [0.1, 0.15) is 24.7 Å². The summed E-state index contributed by atoms with van der Waals surface area (Å²) in [7, 11) is 1.61. The SMILES string of the molecule is COc1cccc(-c2noc(C3CCCN(C(=O)Nc4ccc(F)cc4)C3)n2)c1. The Bertz CT molecular complexity index is 990. The number of benzene rings is 2. The van der Waals surface area contributed by atoms with E-state index in [1.807, 2.05) is 24.3 Å². The zero-order valence-corrected chi connectivity index (χ0v) is 16.0. The Hall–Kier alpha value is -3.42. The van der Waals surface area contributed by atoms with Crippen molar-refractivity contribution in [3.63, 3.8) is 0 Å². The van der Waals surface area contributed by atoms with E-state index in [4.69, 9.17) is 9.26 Å². The first-order chi connectivity index (χ1) is 14.1. The lowest BCUT2D eigenvalue weighted by molar-refractivity contribution is 0.184. The molecular formula is C21H21FN4O3. The van der Waals surface area contributed by atoms with Gasteiger partial charge in [0, 0.05) is 24.3 Å². The monoisotopic (exact) mass is 396 g/mol. The number of nitrogens with one attached hydrogen (secondary N) is 1. The summed E-state index contributed by atoms with van der Waals surface area (Å²) in [6, 6.07) is 12.9. The van der Waals surface area contributed by atoms with Gasteiger partial charge in [-0.2, -0.15) is 4.98 Å². The van der Waals surface area contributed by atoms with Crippen LogP contribution in [0.25, 0.3) is 11.4 Å². The minimum Gasteiger partial charge on any atom is -0.497 e. The summed E-state index contributed by atoms with van der Waals surface area (Å²) >= 11 is 0. The van der Waals surface area contributed by atoms with Gasteiger partial charge in [0.25, 0.3) is 0 Å². The maximum atomic E-state index is 13.0. The van der Waals surface area contributed by atoms with Crippen LogP contribution in [0.15, 0.2) is 53.1 Å². The van der Waals surface area contributed by atoms with Crippen LogP contribution in [0.3, 0.4) is 0 Å². The van der Waals surface area contributed by atoms with Crippen LogP contribution in [-0.4, -0.2) is 41.3 Å². The summed E-state index contributed by atoms with van der Waals surface area (Å²) in [5.74, 6) is 1.35. The lowest BCUT2D eigenvalue weighted by Crippen LogP contribution is -2.41. The molecule has 8 heteroatoms. The summed E-state index contributed by atoms with van der Waals surface area (Å²) in [4.78, 5) is 18.8. The Morgan fingerprint density at radius 1 is 1.28 bits per heavy atom. The molecular weight excluding hydrogens is 375 g/mol. The molecule has 29 heavy (non-hydrogen) atoms. The third kappa shape index (κ3) is 4.37. The molecule has 1 fully saturated rings. The van der Waals surface area contributed by atoms with Crippen LogP contribution < -0.4 is 10.1 Å². The molecule has 2 aromatic carbocycles. The zero-order chi connectivity index (χ0) is 20.2. The zero-order valence-electron chi connectivity index (χ0n) is 16.0. The molecule has 0 spiro atoms. The fourth-order valence-corrected chi connectivity index (χ4v) is 3.38. The van der Waals surface area contributed by atoms with E-state index in [9.17, 15) is 9.18 Å². The Morgan fingerprint density at radius 3 is 2.90 bits per heavy atom. The van der Waals surface area contributed by atoms with Gasteiger partial charge in [-0.1, -0.05) is 17.3 Å². The number of hydrogen-bond acceptors (Lipinski definition) is 5. The van der Waals surface area contributed by atoms with Crippen molar-refractivity contribution in [2.45, 2.75) is 18.8 Å². The summed E-state index contributed by atoms with van der Waals surface area (Å²) in [5.41, 5.74) is 1.36. The van der Waals surface area contributed by atoms with Gasteiger partial charge in [0.15, 0.2) is 0 Å². The molecule has 2 amide bonds. The standard InChI is InChI=1S/C21H21FN4O3/c1-28-18-6-2-4-14(12-18)19-24-20(29-25-19)15-5-3-11-26(13-15)21(27)23-17-9-7-16(22)8-10-17/h2,4,6-10,12,15H,3,5,11,13H2,1H3,(H,23,27).